The van der Waals surface area contributed by atoms with Crippen LogP contribution in [0.15, 0.2) is 0 Å². The van der Waals surface area contributed by atoms with E-state index in [-0.39, 0.29) is 12.1 Å². The maximum atomic E-state index is 12.1. The van der Waals surface area contributed by atoms with E-state index in [9.17, 15) is 9.00 Å². The van der Waals surface area contributed by atoms with Crippen LogP contribution in [0, 0.1) is 0 Å². The Balaban J connectivity index is 2.43. The van der Waals surface area contributed by atoms with Crippen LogP contribution < -0.4 is 5.32 Å². The summed E-state index contributed by atoms with van der Waals surface area (Å²) in [6.07, 6.45) is 4.44. The Kier molecular flexibility index (Phi) is 7.13. The lowest BCUT2D eigenvalue weighted by Crippen LogP contribution is -2.41. The van der Waals surface area contributed by atoms with Crippen LogP contribution in [-0.2, 0) is 15.5 Å². The summed E-state index contributed by atoms with van der Waals surface area (Å²) in [6.45, 7) is 9.20. The van der Waals surface area contributed by atoms with Crippen molar-refractivity contribution in [3.05, 3.63) is 0 Å². The van der Waals surface area contributed by atoms with Gasteiger partial charge in [-0.15, -0.1) is 0 Å². The van der Waals surface area contributed by atoms with Gasteiger partial charge in [0.1, 0.15) is 5.60 Å². The van der Waals surface area contributed by atoms with Gasteiger partial charge in [-0.2, -0.15) is 0 Å². The Hall–Kier alpha value is -0.620. The van der Waals surface area contributed by atoms with E-state index in [1.54, 1.807) is 11.2 Å². The Morgan fingerprint density at radius 2 is 2.05 bits per heavy atom. The minimum atomic E-state index is -0.777. The maximum Gasteiger partial charge on any atom is 0.410 e. The fourth-order valence-electron chi connectivity index (χ4n) is 2.57. The van der Waals surface area contributed by atoms with E-state index in [2.05, 4.69) is 12.2 Å². The van der Waals surface area contributed by atoms with Gasteiger partial charge in [0.25, 0.3) is 0 Å². The Morgan fingerprint density at radius 1 is 1.38 bits per heavy atom. The van der Waals surface area contributed by atoms with Gasteiger partial charge in [-0.1, -0.05) is 0 Å². The zero-order valence-electron chi connectivity index (χ0n) is 14.0. The molecule has 1 rings (SSSR count). The molecule has 0 aliphatic carbocycles. The summed E-state index contributed by atoms with van der Waals surface area (Å²) in [7, 11) is -0.777. The van der Waals surface area contributed by atoms with Gasteiger partial charge in [0, 0.05) is 48.0 Å². The Labute approximate surface area is 131 Å². The summed E-state index contributed by atoms with van der Waals surface area (Å²) >= 11 is 0. The molecule has 6 heteroatoms. The van der Waals surface area contributed by atoms with Crippen LogP contribution in [0.3, 0.4) is 0 Å². The quantitative estimate of drug-likeness (QED) is 0.863. The van der Waals surface area contributed by atoms with Crippen LogP contribution in [0.4, 0.5) is 4.79 Å². The normalized spacial score (nSPS) is 23.3. The first-order valence-electron chi connectivity index (χ1n) is 7.71. The zero-order chi connectivity index (χ0) is 16.0. The Morgan fingerprint density at radius 3 is 2.62 bits per heavy atom. The highest BCUT2D eigenvalue weighted by molar-refractivity contribution is 7.84. The van der Waals surface area contributed by atoms with Gasteiger partial charge in [0.05, 0.1) is 0 Å². The van der Waals surface area contributed by atoms with Gasteiger partial charge >= 0.3 is 6.09 Å². The van der Waals surface area contributed by atoms with Crippen molar-refractivity contribution < 1.29 is 13.7 Å². The van der Waals surface area contributed by atoms with E-state index < -0.39 is 16.4 Å². The van der Waals surface area contributed by atoms with Gasteiger partial charge in [0.2, 0.25) is 0 Å². The lowest BCUT2D eigenvalue weighted by Gasteiger charge is -2.26. The minimum Gasteiger partial charge on any atom is -0.444 e. The van der Waals surface area contributed by atoms with Crippen molar-refractivity contribution in [2.45, 2.75) is 64.6 Å². The third-order valence-electron chi connectivity index (χ3n) is 3.38. The summed E-state index contributed by atoms with van der Waals surface area (Å²) in [5.41, 5.74) is -0.444. The molecule has 0 radical (unpaired) electrons. The lowest BCUT2D eigenvalue weighted by atomic mass is 10.1. The largest absolute Gasteiger partial charge is 0.444 e. The van der Waals surface area contributed by atoms with Crippen molar-refractivity contribution in [2.24, 2.45) is 0 Å². The molecule has 1 aliphatic heterocycles. The van der Waals surface area contributed by atoms with E-state index >= 15 is 0 Å². The van der Waals surface area contributed by atoms with Crippen LogP contribution in [-0.4, -0.2) is 58.0 Å². The number of likely N-dealkylation sites (tertiary alicyclic amines) is 1. The van der Waals surface area contributed by atoms with E-state index in [0.29, 0.717) is 18.3 Å². The third-order valence-corrected chi connectivity index (χ3v) is 4.35. The van der Waals surface area contributed by atoms with Gasteiger partial charge < -0.3 is 15.0 Å². The molecule has 0 aromatic rings. The molecule has 21 heavy (non-hydrogen) atoms. The standard InChI is InChI=1S/C15H30N2O3S/c1-12(11-21(5)19)16-13-7-6-9-17(10-8-13)14(18)20-15(2,3)4/h12-13,16H,6-11H2,1-5H3. The van der Waals surface area contributed by atoms with Crippen molar-refractivity contribution in [3.8, 4) is 0 Å². The minimum absolute atomic E-state index is 0.217. The molecule has 1 aliphatic rings. The molecular formula is C15H30N2O3S. The monoisotopic (exact) mass is 318 g/mol. The molecule has 1 N–H and O–H groups in total. The molecule has 3 unspecified atom stereocenters. The van der Waals surface area contributed by atoms with Crippen molar-refractivity contribution >= 4 is 16.9 Å². The number of rotatable bonds is 4. The highest BCUT2D eigenvalue weighted by Gasteiger charge is 2.25. The Bertz CT molecular complexity index is 368. The molecule has 0 saturated carbocycles. The smallest absolute Gasteiger partial charge is 0.410 e. The van der Waals surface area contributed by atoms with E-state index in [1.165, 1.54) is 0 Å². The first-order valence-corrected chi connectivity index (χ1v) is 9.44. The molecule has 1 fully saturated rings. The van der Waals surface area contributed by atoms with Gasteiger partial charge in [-0.25, -0.2) is 4.79 Å². The fraction of sp³-hybridized carbons (Fsp3) is 0.933. The average Bonchev–Trinajstić information content (AvgIpc) is 2.51. The molecule has 0 bridgehead atoms. The number of nitrogens with zero attached hydrogens (tertiary/aromatic N) is 1. The van der Waals surface area contributed by atoms with Gasteiger partial charge in [-0.3, -0.25) is 4.21 Å². The zero-order valence-corrected chi connectivity index (χ0v) is 14.8. The van der Waals surface area contributed by atoms with Crippen LogP contribution in [0.1, 0.15) is 47.0 Å². The molecule has 3 atom stereocenters. The second kappa shape index (κ2) is 8.13. The van der Waals surface area contributed by atoms with Crippen LogP contribution in [0.2, 0.25) is 0 Å². The van der Waals surface area contributed by atoms with E-state index in [0.717, 1.165) is 25.8 Å². The molecule has 0 aromatic carbocycles. The maximum absolute atomic E-state index is 12.1. The number of hydrogen-bond donors (Lipinski definition) is 1. The number of carbonyl (C=O) groups excluding carboxylic acids is 1. The number of ether oxygens (including phenoxy) is 1. The van der Waals surface area contributed by atoms with Crippen molar-refractivity contribution in [1.29, 1.82) is 0 Å². The summed E-state index contributed by atoms with van der Waals surface area (Å²) in [4.78, 5) is 13.9. The molecule has 1 heterocycles. The first-order chi connectivity index (χ1) is 9.67. The number of hydrogen-bond acceptors (Lipinski definition) is 4. The van der Waals surface area contributed by atoms with E-state index in [1.807, 2.05) is 20.8 Å². The predicted molar refractivity (Wildman–Crippen MR) is 87.0 cm³/mol. The average molecular weight is 318 g/mol. The summed E-state index contributed by atoms with van der Waals surface area (Å²) < 4.78 is 16.7. The summed E-state index contributed by atoms with van der Waals surface area (Å²) in [5.74, 6) is 0.673. The SMILES string of the molecule is CC(CS(C)=O)NC1CCCN(C(=O)OC(C)(C)C)CC1. The fourth-order valence-corrected chi connectivity index (χ4v) is 3.37. The van der Waals surface area contributed by atoms with Gasteiger partial charge in [-0.05, 0) is 47.0 Å². The predicted octanol–water partition coefficient (Wildman–Crippen LogP) is 2.13. The van der Waals surface area contributed by atoms with Crippen molar-refractivity contribution in [2.75, 3.05) is 25.1 Å². The molecule has 1 amide bonds. The number of carbonyl (C=O) groups is 1. The van der Waals surface area contributed by atoms with Crippen LogP contribution >= 0.6 is 0 Å². The third kappa shape index (κ3) is 7.81. The number of nitrogens with one attached hydrogen (secondary N) is 1. The van der Waals surface area contributed by atoms with Crippen molar-refractivity contribution in [3.63, 3.8) is 0 Å². The first kappa shape index (κ1) is 18.4. The van der Waals surface area contributed by atoms with Crippen molar-refractivity contribution in [1.82, 2.24) is 10.2 Å². The summed E-state index contributed by atoms with van der Waals surface area (Å²) in [5, 5.41) is 3.53. The highest BCUT2D eigenvalue weighted by atomic mass is 32.2. The van der Waals surface area contributed by atoms with E-state index in [4.69, 9.17) is 4.74 Å². The highest BCUT2D eigenvalue weighted by Crippen LogP contribution is 2.16. The molecule has 5 nitrogen and oxygen atoms in total. The second-order valence-electron chi connectivity index (χ2n) is 6.90. The molecular weight excluding hydrogens is 288 g/mol. The molecule has 0 aromatic heterocycles. The molecule has 0 spiro atoms. The van der Waals surface area contributed by atoms with Gasteiger partial charge in [0.15, 0.2) is 0 Å². The second-order valence-corrected chi connectivity index (χ2v) is 8.38. The summed E-state index contributed by atoms with van der Waals surface area (Å²) in [6, 6.07) is 0.630. The lowest BCUT2D eigenvalue weighted by molar-refractivity contribution is 0.0256. The molecule has 1 saturated heterocycles. The van der Waals surface area contributed by atoms with Crippen LogP contribution in [0.5, 0.6) is 0 Å². The molecule has 124 valence electrons. The van der Waals surface area contributed by atoms with Crippen LogP contribution in [0.25, 0.3) is 0 Å². The topological polar surface area (TPSA) is 58.6 Å². The number of amides is 1.